The Morgan fingerprint density at radius 1 is 1.47 bits per heavy atom. The van der Waals surface area contributed by atoms with Crippen LogP contribution >= 0.6 is 11.6 Å². The molecule has 0 bridgehead atoms. The molecule has 0 spiro atoms. The standard InChI is InChI=1S/C14H17ClFN3/c1-3-8(2)13(17)14-18-7-12(19-14)9-4-5-11(16)10(15)6-9/h4-8,13H,3,17H2,1-2H3,(H,18,19). The summed E-state index contributed by atoms with van der Waals surface area (Å²) in [6, 6.07) is 4.44. The fraction of sp³-hybridized carbons (Fsp3) is 0.357. The molecule has 1 aromatic heterocycles. The van der Waals surface area contributed by atoms with Crippen LogP contribution in [0, 0.1) is 11.7 Å². The second-order valence-corrected chi connectivity index (χ2v) is 5.13. The molecule has 1 aromatic carbocycles. The van der Waals surface area contributed by atoms with Gasteiger partial charge in [0.1, 0.15) is 11.6 Å². The SMILES string of the molecule is CCC(C)C(N)c1ncc(-c2ccc(F)c(Cl)c2)[nH]1. The lowest BCUT2D eigenvalue weighted by atomic mass is 10.00. The molecule has 0 fully saturated rings. The zero-order valence-corrected chi connectivity index (χ0v) is 11.7. The summed E-state index contributed by atoms with van der Waals surface area (Å²) in [5, 5.41) is 0.0971. The predicted molar refractivity (Wildman–Crippen MR) is 75.4 cm³/mol. The second kappa shape index (κ2) is 5.72. The molecule has 0 amide bonds. The summed E-state index contributed by atoms with van der Waals surface area (Å²) in [7, 11) is 0. The van der Waals surface area contributed by atoms with Crippen LogP contribution in [0.2, 0.25) is 5.02 Å². The van der Waals surface area contributed by atoms with Gasteiger partial charge in [-0.2, -0.15) is 0 Å². The summed E-state index contributed by atoms with van der Waals surface area (Å²) in [6.45, 7) is 4.18. The number of imidazole rings is 1. The first kappa shape index (κ1) is 14.0. The Morgan fingerprint density at radius 2 is 2.21 bits per heavy atom. The number of aromatic nitrogens is 2. The molecule has 0 aliphatic rings. The van der Waals surface area contributed by atoms with Gasteiger partial charge in [-0.3, -0.25) is 0 Å². The Balaban J connectivity index is 2.27. The van der Waals surface area contributed by atoms with E-state index >= 15 is 0 Å². The average molecular weight is 282 g/mol. The monoisotopic (exact) mass is 281 g/mol. The minimum absolute atomic E-state index is 0.0971. The number of rotatable bonds is 4. The highest BCUT2D eigenvalue weighted by Crippen LogP contribution is 2.26. The number of hydrogen-bond donors (Lipinski definition) is 2. The molecular formula is C14H17ClFN3. The third-order valence-corrected chi connectivity index (χ3v) is 3.69. The molecule has 102 valence electrons. The molecule has 0 aliphatic heterocycles. The van der Waals surface area contributed by atoms with Crippen molar-refractivity contribution in [2.45, 2.75) is 26.3 Å². The minimum atomic E-state index is -0.429. The van der Waals surface area contributed by atoms with Gasteiger partial charge in [0.05, 0.1) is 23.0 Å². The summed E-state index contributed by atoms with van der Waals surface area (Å²) in [4.78, 5) is 7.47. The fourth-order valence-corrected chi connectivity index (χ4v) is 2.02. The summed E-state index contributed by atoms with van der Waals surface area (Å²) in [5.74, 6) is 0.655. The number of benzene rings is 1. The number of H-pyrrole nitrogens is 1. The number of nitrogens with zero attached hydrogens (tertiary/aromatic N) is 1. The largest absolute Gasteiger partial charge is 0.341 e. The quantitative estimate of drug-likeness (QED) is 0.892. The maximum Gasteiger partial charge on any atom is 0.141 e. The summed E-state index contributed by atoms with van der Waals surface area (Å²) in [5.41, 5.74) is 7.70. The van der Waals surface area contributed by atoms with Crippen LogP contribution in [0.15, 0.2) is 24.4 Å². The van der Waals surface area contributed by atoms with E-state index in [1.165, 1.54) is 6.07 Å². The van der Waals surface area contributed by atoms with Gasteiger partial charge in [-0.15, -0.1) is 0 Å². The fourth-order valence-electron chi connectivity index (χ4n) is 1.84. The number of nitrogens with two attached hydrogens (primary N) is 1. The van der Waals surface area contributed by atoms with Crippen LogP contribution in [-0.4, -0.2) is 9.97 Å². The first-order valence-electron chi connectivity index (χ1n) is 6.28. The third kappa shape index (κ3) is 2.96. The van der Waals surface area contributed by atoms with Gasteiger partial charge in [0.15, 0.2) is 0 Å². The van der Waals surface area contributed by atoms with Gasteiger partial charge in [0.25, 0.3) is 0 Å². The molecule has 3 nitrogen and oxygen atoms in total. The normalized spacial score (nSPS) is 14.4. The van der Waals surface area contributed by atoms with E-state index in [2.05, 4.69) is 23.8 Å². The smallest absolute Gasteiger partial charge is 0.141 e. The first-order chi connectivity index (χ1) is 9.02. The number of halogens is 2. The molecule has 2 rings (SSSR count). The van der Waals surface area contributed by atoms with Crippen molar-refractivity contribution >= 4 is 11.6 Å². The molecule has 5 heteroatoms. The zero-order chi connectivity index (χ0) is 14.0. The van der Waals surface area contributed by atoms with Crippen molar-refractivity contribution in [2.24, 2.45) is 11.7 Å². The molecule has 2 unspecified atom stereocenters. The molecule has 2 atom stereocenters. The highest BCUT2D eigenvalue weighted by Gasteiger charge is 2.16. The minimum Gasteiger partial charge on any atom is -0.341 e. The molecular weight excluding hydrogens is 265 g/mol. The maximum atomic E-state index is 13.1. The van der Waals surface area contributed by atoms with Gasteiger partial charge < -0.3 is 10.7 Å². The Kier molecular flexibility index (Phi) is 4.22. The highest BCUT2D eigenvalue weighted by atomic mass is 35.5. The van der Waals surface area contributed by atoms with Crippen molar-refractivity contribution in [2.75, 3.05) is 0 Å². The molecule has 0 saturated carbocycles. The molecule has 3 N–H and O–H groups in total. The van der Waals surface area contributed by atoms with E-state index < -0.39 is 5.82 Å². The molecule has 19 heavy (non-hydrogen) atoms. The Morgan fingerprint density at radius 3 is 2.84 bits per heavy atom. The van der Waals surface area contributed by atoms with Gasteiger partial charge in [0, 0.05) is 5.56 Å². The van der Waals surface area contributed by atoms with E-state index in [-0.39, 0.29) is 11.1 Å². The number of hydrogen-bond acceptors (Lipinski definition) is 2. The first-order valence-corrected chi connectivity index (χ1v) is 6.66. The van der Waals surface area contributed by atoms with Crippen molar-refractivity contribution < 1.29 is 4.39 Å². The lowest BCUT2D eigenvalue weighted by Gasteiger charge is -2.15. The Labute approximate surface area is 117 Å². The lowest BCUT2D eigenvalue weighted by molar-refractivity contribution is 0.441. The van der Waals surface area contributed by atoms with Gasteiger partial charge in [-0.1, -0.05) is 31.9 Å². The van der Waals surface area contributed by atoms with E-state index in [0.29, 0.717) is 5.92 Å². The Bertz CT molecular complexity index is 568. The maximum absolute atomic E-state index is 13.1. The Hall–Kier alpha value is -1.39. The third-order valence-electron chi connectivity index (χ3n) is 3.40. The number of nitrogens with one attached hydrogen (secondary N) is 1. The lowest BCUT2D eigenvalue weighted by Crippen LogP contribution is -2.19. The average Bonchev–Trinajstić information content (AvgIpc) is 2.89. The van der Waals surface area contributed by atoms with E-state index in [1.54, 1.807) is 18.3 Å². The van der Waals surface area contributed by atoms with E-state index in [1.807, 2.05) is 0 Å². The van der Waals surface area contributed by atoms with Gasteiger partial charge in [0.2, 0.25) is 0 Å². The molecule has 0 saturated heterocycles. The van der Waals surface area contributed by atoms with Crippen LogP contribution < -0.4 is 5.73 Å². The molecule has 0 aliphatic carbocycles. The van der Waals surface area contributed by atoms with Gasteiger partial charge in [-0.25, -0.2) is 9.37 Å². The summed E-state index contributed by atoms with van der Waals surface area (Å²) in [6.07, 6.45) is 2.68. The van der Waals surface area contributed by atoms with Crippen molar-refractivity contribution in [1.82, 2.24) is 9.97 Å². The van der Waals surface area contributed by atoms with Crippen LogP contribution in [-0.2, 0) is 0 Å². The van der Waals surface area contributed by atoms with Crippen LogP contribution in [0.3, 0.4) is 0 Å². The molecule has 1 heterocycles. The molecule has 0 radical (unpaired) electrons. The van der Waals surface area contributed by atoms with Gasteiger partial charge in [-0.05, 0) is 24.1 Å². The van der Waals surface area contributed by atoms with Crippen LogP contribution in [0.1, 0.15) is 32.1 Å². The second-order valence-electron chi connectivity index (χ2n) is 4.72. The van der Waals surface area contributed by atoms with Crippen LogP contribution in [0.25, 0.3) is 11.3 Å². The van der Waals surface area contributed by atoms with Gasteiger partial charge >= 0.3 is 0 Å². The van der Waals surface area contributed by atoms with E-state index in [4.69, 9.17) is 17.3 Å². The summed E-state index contributed by atoms with van der Waals surface area (Å²) >= 11 is 5.77. The van der Waals surface area contributed by atoms with E-state index in [9.17, 15) is 4.39 Å². The topological polar surface area (TPSA) is 54.7 Å². The van der Waals surface area contributed by atoms with Crippen molar-refractivity contribution in [3.8, 4) is 11.3 Å². The van der Waals surface area contributed by atoms with Crippen LogP contribution in [0.4, 0.5) is 4.39 Å². The zero-order valence-electron chi connectivity index (χ0n) is 11.0. The van der Waals surface area contributed by atoms with Crippen molar-refractivity contribution in [3.05, 3.63) is 41.1 Å². The van der Waals surface area contributed by atoms with Crippen molar-refractivity contribution in [3.63, 3.8) is 0 Å². The highest BCUT2D eigenvalue weighted by molar-refractivity contribution is 6.31. The number of aromatic amines is 1. The summed E-state index contributed by atoms with van der Waals surface area (Å²) < 4.78 is 13.1. The predicted octanol–water partition coefficient (Wildman–Crippen LogP) is 3.92. The molecule has 2 aromatic rings. The van der Waals surface area contributed by atoms with Crippen molar-refractivity contribution in [1.29, 1.82) is 0 Å². The van der Waals surface area contributed by atoms with Crippen LogP contribution in [0.5, 0.6) is 0 Å². The van der Waals surface area contributed by atoms with E-state index in [0.717, 1.165) is 23.5 Å².